The quantitative estimate of drug-likeness (QED) is 0.261. The SMILES string of the molecule is C=CCc1cc(/C=C2\SC(=Nc3ccc(CC)cc3)NC2=O)cc(OC)c1OCc1cccc(C)c1. The van der Waals surface area contributed by atoms with Crippen LogP contribution in [0.1, 0.15) is 34.7 Å². The second-order valence-electron chi connectivity index (χ2n) is 8.48. The molecule has 1 aliphatic heterocycles. The minimum absolute atomic E-state index is 0.173. The number of amides is 1. The van der Waals surface area contributed by atoms with Crippen molar-refractivity contribution in [2.45, 2.75) is 33.3 Å². The molecule has 0 aromatic heterocycles. The molecule has 1 fully saturated rings. The summed E-state index contributed by atoms with van der Waals surface area (Å²) in [6, 6.07) is 20.1. The number of hydrogen-bond acceptors (Lipinski definition) is 5. The number of allylic oxidation sites excluding steroid dienone is 1. The summed E-state index contributed by atoms with van der Waals surface area (Å²) in [5.74, 6) is 1.12. The van der Waals surface area contributed by atoms with Crippen molar-refractivity contribution in [1.29, 1.82) is 0 Å². The molecule has 1 amide bonds. The molecule has 0 atom stereocenters. The molecule has 1 N–H and O–H groups in total. The number of amidine groups is 1. The van der Waals surface area contributed by atoms with Gasteiger partial charge >= 0.3 is 0 Å². The number of nitrogens with zero attached hydrogens (tertiary/aromatic N) is 1. The van der Waals surface area contributed by atoms with Crippen LogP contribution in [0, 0.1) is 6.92 Å². The molecule has 1 saturated heterocycles. The van der Waals surface area contributed by atoms with Crippen LogP contribution < -0.4 is 14.8 Å². The van der Waals surface area contributed by atoms with Crippen LogP contribution in [0.5, 0.6) is 11.5 Å². The Bertz CT molecular complexity index is 1330. The van der Waals surface area contributed by atoms with Gasteiger partial charge in [-0.15, -0.1) is 6.58 Å². The summed E-state index contributed by atoms with van der Waals surface area (Å²) in [4.78, 5) is 17.8. The van der Waals surface area contributed by atoms with E-state index in [4.69, 9.17) is 9.47 Å². The number of benzene rings is 3. The number of methoxy groups -OCH3 is 1. The lowest BCUT2D eigenvalue weighted by molar-refractivity contribution is -0.115. The van der Waals surface area contributed by atoms with Crippen molar-refractivity contribution in [2.24, 2.45) is 4.99 Å². The first-order chi connectivity index (χ1) is 17.5. The van der Waals surface area contributed by atoms with Gasteiger partial charge in [0.15, 0.2) is 16.7 Å². The molecule has 4 rings (SSSR count). The minimum atomic E-state index is -0.173. The number of thioether (sulfide) groups is 1. The van der Waals surface area contributed by atoms with E-state index in [1.165, 1.54) is 22.9 Å². The molecular weight excluding hydrogens is 468 g/mol. The Morgan fingerprint density at radius 2 is 1.89 bits per heavy atom. The lowest BCUT2D eigenvalue weighted by atomic mass is 10.0. The fourth-order valence-corrected chi connectivity index (χ4v) is 4.74. The van der Waals surface area contributed by atoms with Crippen molar-refractivity contribution < 1.29 is 14.3 Å². The lowest BCUT2D eigenvalue weighted by Crippen LogP contribution is -2.19. The van der Waals surface area contributed by atoms with Gasteiger partial charge in [0.2, 0.25) is 0 Å². The predicted molar refractivity (Wildman–Crippen MR) is 149 cm³/mol. The first-order valence-electron chi connectivity index (χ1n) is 11.9. The average molecular weight is 499 g/mol. The van der Waals surface area contributed by atoms with Gasteiger partial charge in [-0.25, -0.2) is 4.99 Å². The Labute approximate surface area is 216 Å². The molecule has 184 valence electrons. The van der Waals surface area contributed by atoms with Gasteiger partial charge in [-0.05, 0) is 78.6 Å². The van der Waals surface area contributed by atoms with Crippen LogP contribution in [0.25, 0.3) is 6.08 Å². The highest BCUT2D eigenvalue weighted by molar-refractivity contribution is 8.18. The number of hydrogen-bond donors (Lipinski definition) is 1. The standard InChI is InChI=1S/C30H30N2O3S/c1-5-8-24-16-23(17-26(34-4)28(24)35-19-22-10-7-9-20(3)15-22)18-27-29(33)32-30(36-27)31-25-13-11-21(6-2)12-14-25/h5,7,9-18H,1,6,8,19H2,2-4H3,(H,31,32,33)/b27-18-. The molecule has 5 nitrogen and oxygen atoms in total. The van der Waals surface area contributed by atoms with Gasteiger partial charge in [0.25, 0.3) is 5.91 Å². The molecule has 0 spiro atoms. The van der Waals surface area contributed by atoms with Gasteiger partial charge in [0.05, 0.1) is 17.7 Å². The molecule has 0 radical (unpaired) electrons. The third kappa shape index (κ3) is 6.26. The molecule has 6 heteroatoms. The largest absolute Gasteiger partial charge is 0.493 e. The number of rotatable bonds is 9. The van der Waals surface area contributed by atoms with Crippen LogP contribution in [0.3, 0.4) is 0 Å². The summed E-state index contributed by atoms with van der Waals surface area (Å²) < 4.78 is 11.9. The third-order valence-electron chi connectivity index (χ3n) is 5.73. The highest BCUT2D eigenvalue weighted by atomic mass is 32.2. The summed E-state index contributed by atoms with van der Waals surface area (Å²) in [6.07, 6.45) is 5.26. The Morgan fingerprint density at radius 3 is 2.58 bits per heavy atom. The molecule has 3 aromatic rings. The Morgan fingerprint density at radius 1 is 1.08 bits per heavy atom. The maximum absolute atomic E-state index is 12.6. The smallest absolute Gasteiger partial charge is 0.264 e. The second kappa shape index (κ2) is 11.8. The van der Waals surface area contributed by atoms with Gasteiger partial charge in [0.1, 0.15) is 6.61 Å². The monoisotopic (exact) mass is 498 g/mol. The molecular formula is C30H30N2O3S. The van der Waals surface area contributed by atoms with E-state index in [-0.39, 0.29) is 5.91 Å². The first kappa shape index (κ1) is 25.3. The van der Waals surface area contributed by atoms with E-state index < -0.39 is 0 Å². The lowest BCUT2D eigenvalue weighted by Gasteiger charge is -2.16. The molecule has 0 saturated carbocycles. The number of carbonyl (C=O) groups is 1. The van der Waals surface area contributed by atoms with Crippen molar-refractivity contribution in [3.63, 3.8) is 0 Å². The van der Waals surface area contributed by atoms with Crippen LogP contribution in [-0.2, 0) is 24.2 Å². The van der Waals surface area contributed by atoms with E-state index in [9.17, 15) is 4.79 Å². The van der Waals surface area contributed by atoms with E-state index in [1.54, 1.807) is 7.11 Å². The Kier molecular flexibility index (Phi) is 8.28. The van der Waals surface area contributed by atoms with Gasteiger partial charge in [-0.1, -0.05) is 55.0 Å². The van der Waals surface area contributed by atoms with Crippen molar-refractivity contribution in [3.05, 3.63) is 106 Å². The minimum Gasteiger partial charge on any atom is -0.493 e. The number of carbonyl (C=O) groups excluding carboxylic acids is 1. The van der Waals surface area contributed by atoms with Crippen LogP contribution in [0.15, 0.2) is 83.2 Å². The van der Waals surface area contributed by atoms with Gasteiger partial charge in [-0.3, -0.25) is 4.79 Å². The molecule has 1 heterocycles. The number of nitrogens with one attached hydrogen (secondary N) is 1. The fraction of sp³-hybridized carbons (Fsp3) is 0.200. The Hall–Kier alpha value is -3.77. The summed E-state index contributed by atoms with van der Waals surface area (Å²) in [7, 11) is 1.62. The first-order valence-corrected chi connectivity index (χ1v) is 12.7. The molecule has 0 aliphatic carbocycles. The van der Waals surface area contributed by atoms with Crippen molar-refractivity contribution in [1.82, 2.24) is 5.32 Å². The number of aliphatic imine (C=N–C) groups is 1. The summed E-state index contributed by atoms with van der Waals surface area (Å²) in [5.41, 5.74) is 6.11. The normalized spacial score (nSPS) is 15.2. The highest BCUT2D eigenvalue weighted by Gasteiger charge is 2.24. The Balaban J connectivity index is 1.58. The van der Waals surface area contributed by atoms with E-state index in [2.05, 4.69) is 42.9 Å². The zero-order valence-corrected chi connectivity index (χ0v) is 21.7. The summed E-state index contributed by atoms with van der Waals surface area (Å²) in [5, 5.41) is 3.42. The van der Waals surface area contributed by atoms with Gasteiger partial charge in [0, 0.05) is 5.56 Å². The number of aryl methyl sites for hydroxylation is 2. The van der Waals surface area contributed by atoms with Gasteiger partial charge < -0.3 is 14.8 Å². The average Bonchev–Trinajstić information content (AvgIpc) is 3.21. The van der Waals surface area contributed by atoms with Crippen LogP contribution >= 0.6 is 11.8 Å². The van der Waals surface area contributed by atoms with Crippen molar-refractivity contribution in [2.75, 3.05) is 7.11 Å². The van der Waals surface area contributed by atoms with Crippen LogP contribution in [0.2, 0.25) is 0 Å². The zero-order chi connectivity index (χ0) is 25.5. The van der Waals surface area contributed by atoms with Gasteiger partial charge in [-0.2, -0.15) is 0 Å². The van der Waals surface area contributed by atoms with E-state index >= 15 is 0 Å². The second-order valence-corrected chi connectivity index (χ2v) is 9.51. The van der Waals surface area contributed by atoms with Crippen LogP contribution in [-0.4, -0.2) is 18.2 Å². The zero-order valence-electron chi connectivity index (χ0n) is 20.8. The van der Waals surface area contributed by atoms with Crippen molar-refractivity contribution >= 4 is 34.6 Å². The molecule has 0 bridgehead atoms. The highest BCUT2D eigenvalue weighted by Crippen LogP contribution is 2.36. The maximum Gasteiger partial charge on any atom is 0.264 e. The van der Waals surface area contributed by atoms with E-state index in [1.807, 2.05) is 60.7 Å². The van der Waals surface area contributed by atoms with E-state index in [0.717, 1.165) is 28.8 Å². The topological polar surface area (TPSA) is 59.9 Å². The fourth-order valence-electron chi connectivity index (χ4n) is 3.90. The summed E-state index contributed by atoms with van der Waals surface area (Å²) in [6.45, 7) is 8.50. The van der Waals surface area contributed by atoms with E-state index in [0.29, 0.717) is 34.6 Å². The molecule has 3 aromatic carbocycles. The van der Waals surface area contributed by atoms with Crippen molar-refractivity contribution in [3.8, 4) is 11.5 Å². The predicted octanol–water partition coefficient (Wildman–Crippen LogP) is 6.77. The number of ether oxygens (including phenoxy) is 2. The third-order valence-corrected chi connectivity index (χ3v) is 6.64. The van der Waals surface area contributed by atoms with Crippen LogP contribution in [0.4, 0.5) is 5.69 Å². The maximum atomic E-state index is 12.6. The molecule has 1 aliphatic rings. The molecule has 0 unspecified atom stereocenters. The summed E-state index contributed by atoms with van der Waals surface area (Å²) >= 11 is 1.32. The molecule has 36 heavy (non-hydrogen) atoms.